The number of hydrogen-bond donors (Lipinski definition) is 1. The summed E-state index contributed by atoms with van der Waals surface area (Å²) in [6, 6.07) is 27.6. The minimum absolute atomic E-state index is 0.0364. The number of unbranched alkanes of at least 4 members (excludes halogenated alkanes) is 1. The molecule has 0 fully saturated rings. The van der Waals surface area contributed by atoms with Crippen LogP contribution in [-0.4, -0.2) is 17.4 Å². The highest BCUT2D eigenvalue weighted by atomic mass is 16.5. The van der Waals surface area contributed by atoms with Gasteiger partial charge in [-0.1, -0.05) is 86.1 Å². The largest absolute Gasteiger partial charge is 0.494 e. The third kappa shape index (κ3) is 4.06. The second kappa shape index (κ2) is 9.09. The average Bonchev–Trinajstić information content (AvgIpc) is 3.07. The van der Waals surface area contributed by atoms with E-state index in [1.807, 2.05) is 91.0 Å². The van der Waals surface area contributed by atoms with Crippen molar-refractivity contribution in [2.75, 3.05) is 6.61 Å². The molecule has 0 aliphatic carbocycles. The second-order valence-electron chi connectivity index (χ2n) is 7.85. The van der Waals surface area contributed by atoms with Crippen molar-refractivity contribution in [1.29, 1.82) is 0 Å². The first-order valence-corrected chi connectivity index (χ1v) is 10.8. The zero-order valence-corrected chi connectivity index (χ0v) is 17.8. The van der Waals surface area contributed by atoms with Gasteiger partial charge in [0.15, 0.2) is 0 Å². The smallest absolute Gasteiger partial charge is 0.247 e. The summed E-state index contributed by atoms with van der Waals surface area (Å²) < 4.78 is 5.75. The van der Waals surface area contributed by atoms with Crippen molar-refractivity contribution in [3.05, 3.63) is 114 Å². The molecule has 0 aromatic heterocycles. The van der Waals surface area contributed by atoms with Crippen molar-refractivity contribution in [3.63, 3.8) is 0 Å². The Labute approximate surface area is 184 Å². The third-order valence-electron chi connectivity index (χ3n) is 5.75. The Morgan fingerprint density at radius 1 is 0.871 bits per heavy atom. The lowest BCUT2D eigenvalue weighted by atomic mass is 9.74. The van der Waals surface area contributed by atoms with Crippen LogP contribution in [-0.2, 0) is 16.8 Å². The van der Waals surface area contributed by atoms with E-state index in [0.717, 1.165) is 35.3 Å². The summed E-state index contributed by atoms with van der Waals surface area (Å²) >= 11 is 0. The summed E-state index contributed by atoms with van der Waals surface area (Å²) in [7, 11) is 0. The van der Waals surface area contributed by atoms with Gasteiger partial charge < -0.3 is 10.5 Å². The molecule has 1 aliphatic heterocycles. The molecule has 4 nitrogen and oxygen atoms in total. The molecule has 1 amide bonds. The van der Waals surface area contributed by atoms with E-state index in [9.17, 15) is 4.79 Å². The fourth-order valence-corrected chi connectivity index (χ4v) is 4.05. The Morgan fingerprint density at radius 2 is 1.45 bits per heavy atom. The minimum Gasteiger partial charge on any atom is -0.494 e. The summed E-state index contributed by atoms with van der Waals surface area (Å²) in [5.74, 6) is 1.28. The average molecular weight is 413 g/mol. The van der Waals surface area contributed by atoms with Gasteiger partial charge in [-0.25, -0.2) is 0 Å². The molecule has 1 heterocycles. The monoisotopic (exact) mass is 412 g/mol. The fourth-order valence-electron chi connectivity index (χ4n) is 4.05. The van der Waals surface area contributed by atoms with Crippen molar-refractivity contribution >= 4 is 5.91 Å². The van der Waals surface area contributed by atoms with E-state index in [-0.39, 0.29) is 5.91 Å². The molecular weight excluding hydrogens is 384 g/mol. The number of carbonyl (C=O) groups excluding carboxylic acids is 1. The number of amides is 1. The van der Waals surface area contributed by atoms with Crippen molar-refractivity contribution in [1.82, 2.24) is 4.90 Å². The molecule has 4 heteroatoms. The summed E-state index contributed by atoms with van der Waals surface area (Å²) in [5, 5.41) is 0. The number of benzene rings is 3. The van der Waals surface area contributed by atoms with Crippen LogP contribution in [0.4, 0.5) is 0 Å². The highest BCUT2D eigenvalue weighted by Gasteiger charge is 2.48. The van der Waals surface area contributed by atoms with Gasteiger partial charge in [0.2, 0.25) is 5.91 Å². The predicted octanol–water partition coefficient (Wildman–Crippen LogP) is 4.99. The van der Waals surface area contributed by atoms with Crippen molar-refractivity contribution in [2.45, 2.75) is 31.7 Å². The van der Waals surface area contributed by atoms with E-state index in [0.29, 0.717) is 19.0 Å². The van der Waals surface area contributed by atoms with Crippen molar-refractivity contribution in [3.8, 4) is 5.75 Å². The molecule has 0 atom stereocenters. The lowest BCUT2D eigenvalue weighted by Crippen LogP contribution is -2.40. The van der Waals surface area contributed by atoms with Crippen LogP contribution in [0.2, 0.25) is 0 Å². The topological polar surface area (TPSA) is 55.6 Å². The summed E-state index contributed by atoms with van der Waals surface area (Å²) in [4.78, 5) is 15.5. The first kappa shape index (κ1) is 20.7. The van der Waals surface area contributed by atoms with Crippen LogP contribution in [0.3, 0.4) is 0 Å². The van der Waals surface area contributed by atoms with E-state index in [1.54, 1.807) is 4.90 Å². The number of carbonyl (C=O) groups is 1. The number of nitrogens with zero attached hydrogens (tertiary/aromatic N) is 1. The molecule has 0 radical (unpaired) electrons. The zero-order valence-electron chi connectivity index (χ0n) is 17.8. The number of nitrogens with two attached hydrogens (primary N) is 1. The lowest BCUT2D eigenvalue weighted by Gasteiger charge is -2.29. The van der Waals surface area contributed by atoms with Gasteiger partial charge >= 0.3 is 0 Å². The normalized spacial score (nSPS) is 15.1. The maximum absolute atomic E-state index is 13.9. The molecule has 31 heavy (non-hydrogen) atoms. The van der Waals surface area contributed by atoms with E-state index < -0.39 is 5.41 Å². The first-order chi connectivity index (χ1) is 15.1. The molecule has 0 saturated carbocycles. The Hall–Kier alpha value is -3.53. The lowest BCUT2D eigenvalue weighted by molar-refractivity contribution is -0.131. The molecule has 0 spiro atoms. The Morgan fingerprint density at radius 3 is 2.00 bits per heavy atom. The van der Waals surface area contributed by atoms with Crippen molar-refractivity contribution in [2.24, 2.45) is 5.73 Å². The predicted molar refractivity (Wildman–Crippen MR) is 123 cm³/mol. The van der Waals surface area contributed by atoms with Gasteiger partial charge in [0, 0.05) is 0 Å². The van der Waals surface area contributed by atoms with E-state index in [1.165, 1.54) is 0 Å². The third-order valence-corrected chi connectivity index (χ3v) is 5.75. The van der Waals surface area contributed by atoms with Gasteiger partial charge in [-0.2, -0.15) is 0 Å². The van der Waals surface area contributed by atoms with Gasteiger partial charge in [-0.3, -0.25) is 9.69 Å². The van der Waals surface area contributed by atoms with Crippen LogP contribution in [0, 0.1) is 0 Å². The van der Waals surface area contributed by atoms with Crippen LogP contribution < -0.4 is 10.5 Å². The van der Waals surface area contributed by atoms with Gasteiger partial charge in [0.05, 0.1) is 13.2 Å². The minimum atomic E-state index is -0.921. The van der Waals surface area contributed by atoms with E-state index in [4.69, 9.17) is 10.5 Å². The standard InChI is InChI=1S/C27H28N2O2/c1-2-3-18-31-24-16-14-21(15-17-24)20-29-25(28)19-27(26(29)30,22-10-6-4-7-11-22)23-12-8-5-9-13-23/h4-17,19H,2-3,18,20,28H2,1H3. The molecule has 3 aromatic rings. The van der Waals surface area contributed by atoms with Gasteiger partial charge in [-0.15, -0.1) is 0 Å². The fraction of sp³-hybridized carbons (Fsp3) is 0.222. The maximum Gasteiger partial charge on any atom is 0.247 e. The molecular formula is C27H28N2O2. The highest BCUT2D eigenvalue weighted by molar-refractivity contribution is 5.98. The number of ether oxygens (including phenoxy) is 1. The Balaban J connectivity index is 1.62. The first-order valence-electron chi connectivity index (χ1n) is 10.8. The summed E-state index contributed by atoms with van der Waals surface area (Å²) in [5.41, 5.74) is 8.33. The molecule has 158 valence electrons. The van der Waals surface area contributed by atoms with Crippen LogP contribution in [0.25, 0.3) is 0 Å². The Bertz CT molecular complexity index is 1000. The quantitative estimate of drug-likeness (QED) is 0.530. The zero-order chi connectivity index (χ0) is 21.7. The Kier molecular flexibility index (Phi) is 6.08. The van der Waals surface area contributed by atoms with Crippen molar-refractivity contribution < 1.29 is 9.53 Å². The second-order valence-corrected chi connectivity index (χ2v) is 7.85. The number of rotatable bonds is 8. The molecule has 3 aromatic carbocycles. The van der Waals surface area contributed by atoms with Crippen LogP contribution >= 0.6 is 0 Å². The number of hydrogen-bond acceptors (Lipinski definition) is 3. The van der Waals surface area contributed by atoms with Crippen LogP contribution in [0.5, 0.6) is 5.75 Å². The van der Waals surface area contributed by atoms with Gasteiger partial charge in [-0.05, 0) is 41.3 Å². The van der Waals surface area contributed by atoms with Crippen LogP contribution in [0.1, 0.15) is 36.5 Å². The van der Waals surface area contributed by atoms with Crippen LogP contribution in [0.15, 0.2) is 96.8 Å². The van der Waals surface area contributed by atoms with E-state index in [2.05, 4.69) is 6.92 Å². The molecule has 0 saturated heterocycles. The molecule has 0 bridgehead atoms. The molecule has 1 aliphatic rings. The van der Waals surface area contributed by atoms with E-state index >= 15 is 0 Å². The summed E-state index contributed by atoms with van der Waals surface area (Å²) in [6.07, 6.45) is 4.03. The molecule has 0 unspecified atom stereocenters. The SMILES string of the molecule is CCCCOc1ccc(CN2C(=O)C(c3ccccc3)(c3ccccc3)C=C2N)cc1. The van der Waals surface area contributed by atoms with Gasteiger partial charge in [0.25, 0.3) is 0 Å². The molecule has 2 N–H and O–H groups in total. The molecule has 4 rings (SSSR count). The highest BCUT2D eigenvalue weighted by Crippen LogP contribution is 2.41. The van der Waals surface area contributed by atoms with Gasteiger partial charge in [0.1, 0.15) is 17.0 Å². The maximum atomic E-state index is 13.9. The summed E-state index contributed by atoms with van der Waals surface area (Å²) in [6.45, 7) is 3.27.